The van der Waals surface area contributed by atoms with Gasteiger partial charge in [-0.25, -0.2) is 0 Å². The Hall–Kier alpha value is -1.59. The van der Waals surface area contributed by atoms with Crippen LogP contribution in [0, 0.1) is 0 Å². The van der Waals surface area contributed by atoms with Crippen molar-refractivity contribution < 1.29 is 14.6 Å². The topological polar surface area (TPSA) is 61.8 Å². The molecule has 19 heavy (non-hydrogen) atoms. The van der Waals surface area contributed by atoms with E-state index in [9.17, 15) is 4.79 Å². The Morgan fingerprint density at radius 3 is 2.74 bits per heavy atom. The third kappa shape index (κ3) is 6.79. The minimum Gasteiger partial charge on any atom is -0.492 e. The lowest BCUT2D eigenvalue weighted by Crippen LogP contribution is -2.39. The van der Waals surface area contributed by atoms with Crippen molar-refractivity contribution in [2.24, 2.45) is 0 Å². The fraction of sp³-hybridized carbons (Fsp3) is 0.500. The highest BCUT2D eigenvalue weighted by Crippen LogP contribution is 2.07. The van der Waals surface area contributed by atoms with E-state index in [1.54, 1.807) is 0 Å². The van der Waals surface area contributed by atoms with Crippen molar-refractivity contribution in [1.82, 2.24) is 10.2 Å². The molecule has 1 aromatic carbocycles. The predicted molar refractivity (Wildman–Crippen MR) is 74.1 cm³/mol. The zero-order chi connectivity index (χ0) is 13.9. The Morgan fingerprint density at radius 1 is 1.37 bits per heavy atom. The van der Waals surface area contributed by atoms with Gasteiger partial charge in [0.15, 0.2) is 0 Å². The number of likely N-dealkylation sites (N-methyl/N-ethyl adjacent to an activating group) is 1. The van der Waals surface area contributed by atoms with Crippen LogP contribution in [-0.4, -0.2) is 55.3 Å². The largest absolute Gasteiger partial charge is 0.492 e. The Morgan fingerprint density at radius 2 is 2.11 bits per heavy atom. The van der Waals surface area contributed by atoms with Crippen molar-refractivity contribution in [2.45, 2.75) is 6.92 Å². The Kier molecular flexibility index (Phi) is 7.62. The Bertz CT molecular complexity index is 357. The summed E-state index contributed by atoms with van der Waals surface area (Å²) in [7, 11) is 0. The molecule has 5 nitrogen and oxygen atoms in total. The normalized spacial score (nSPS) is 10.5. The minimum absolute atomic E-state index is 0.0491. The van der Waals surface area contributed by atoms with Gasteiger partial charge >= 0.3 is 0 Å². The van der Waals surface area contributed by atoms with Crippen LogP contribution in [0.4, 0.5) is 0 Å². The lowest BCUT2D eigenvalue weighted by atomic mass is 10.3. The molecule has 0 aromatic heterocycles. The maximum atomic E-state index is 11.6. The van der Waals surface area contributed by atoms with Crippen LogP contribution in [-0.2, 0) is 4.79 Å². The average molecular weight is 266 g/mol. The molecule has 2 N–H and O–H groups in total. The molecule has 106 valence electrons. The quantitative estimate of drug-likeness (QED) is 0.639. The molecule has 0 aliphatic rings. The molecule has 0 saturated heterocycles. The van der Waals surface area contributed by atoms with E-state index in [0.29, 0.717) is 26.2 Å². The van der Waals surface area contributed by atoms with Crippen molar-refractivity contribution >= 4 is 5.91 Å². The summed E-state index contributed by atoms with van der Waals surface area (Å²) in [4.78, 5) is 13.5. The average Bonchev–Trinajstić information content (AvgIpc) is 2.44. The molecular weight excluding hydrogens is 244 g/mol. The van der Waals surface area contributed by atoms with Gasteiger partial charge in [-0.3, -0.25) is 9.69 Å². The highest BCUT2D eigenvalue weighted by molar-refractivity contribution is 5.77. The van der Waals surface area contributed by atoms with E-state index >= 15 is 0 Å². The van der Waals surface area contributed by atoms with Gasteiger partial charge in [0.2, 0.25) is 5.91 Å². The molecule has 1 rings (SSSR count). The second-order valence-electron chi connectivity index (χ2n) is 4.10. The highest BCUT2D eigenvalue weighted by Gasteiger charge is 2.07. The van der Waals surface area contributed by atoms with E-state index in [1.165, 1.54) is 0 Å². The predicted octanol–water partition coefficient (Wildman–Crippen LogP) is 0.496. The second kappa shape index (κ2) is 9.35. The summed E-state index contributed by atoms with van der Waals surface area (Å²) in [5.41, 5.74) is 0. The maximum absolute atomic E-state index is 11.6. The Balaban J connectivity index is 2.13. The van der Waals surface area contributed by atoms with Gasteiger partial charge < -0.3 is 15.2 Å². The number of aliphatic hydroxyl groups excluding tert-OH is 1. The molecule has 0 atom stereocenters. The van der Waals surface area contributed by atoms with Gasteiger partial charge in [-0.15, -0.1) is 0 Å². The lowest BCUT2D eigenvalue weighted by Gasteiger charge is -2.18. The SMILES string of the molecule is CCN(CCO)CC(=O)NCCOc1ccccc1. The first-order valence-electron chi connectivity index (χ1n) is 6.54. The van der Waals surface area contributed by atoms with E-state index in [-0.39, 0.29) is 12.5 Å². The standard InChI is InChI=1S/C14H22N2O3/c1-2-16(9-10-17)12-14(18)15-8-11-19-13-6-4-3-5-7-13/h3-7,17H,2,8-12H2,1H3,(H,15,18). The number of aliphatic hydroxyl groups is 1. The number of para-hydroxylation sites is 1. The maximum Gasteiger partial charge on any atom is 0.234 e. The first-order chi connectivity index (χ1) is 9.26. The molecule has 1 amide bonds. The van der Waals surface area contributed by atoms with E-state index < -0.39 is 0 Å². The molecule has 0 bridgehead atoms. The summed E-state index contributed by atoms with van der Waals surface area (Å²) in [6.45, 7) is 4.52. The van der Waals surface area contributed by atoms with Gasteiger partial charge in [0.05, 0.1) is 19.7 Å². The number of amides is 1. The van der Waals surface area contributed by atoms with Crippen molar-refractivity contribution in [2.75, 3.05) is 39.4 Å². The molecule has 0 heterocycles. The minimum atomic E-state index is -0.0491. The number of nitrogens with one attached hydrogen (secondary N) is 1. The van der Waals surface area contributed by atoms with E-state index in [2.05, 4.69) is 5.32 Å². The number of nitrogens with zero attached hydrogens (tertiary/aromatic N) is 1. The molecule has 0 saturated carbocycles. The fourth-order valence-corrected chi connectivity index (χ4v) is 1.63. The summed E-state index contributed by atoms with van der Waals surface area (Å²) in [6.07, 6.45) is 0. The van der Waals surface area contributed by atoms with Crippen molar-refractivity contribution in [3.05, 3.63) is 30.3 Å². The molecule has 1 aromatic rings. The van der Waals surface area contributed by atoms with Gasteiger partial charge in [0, 0.05) is 6.54 Å². The van der Waals surface area contributed by atoms with E-state index in [0.717, 1.165) is 12.3 Å². The zero-order valence-corrected chi connectivity index (χ0v) is 11.3. The molecule has 0 aliphatic heterocycles. The smallest absolute Gasteiger partial charge is 0.234 e. The highest BCUT2D eigenvalue weighted by atomic mass is 16.5. The number of carbonyl (C=O) groups is 1. The summed E-state index contributed by atoms with van der Waals surface area (Å²) < 4.78 is 5.47. The summed E-state index contributed by atoms with van der Waals surface area (Å²) in [5.74, 6) is 0.749. The Labute approximate surface area is 114 Å². The van der Waals surface area contributed by atoms with Gasteiger partial charge in [0.1, 0.15) is 12.4 Å². The molecule has 0 radical (unpaired) electrons. The van der Waals surface area contributed by atoms with Crippen LogP contribution in [0.1, 0.15) is 6.92 Å². The monoisotopic (exact) mass is 266 g/mol. The van der Waals surface area contributed by atoms with Crippen LogP contribution in [0.25, 0.3) is 0 Å². The van der Waals surface area contributed by atoms with Crippen LogP contribution in [0.5, 0.6) is 5.75 Å². The molecule has 5 heteroatoms. The van der Waals surface area contributed by atoms with Crippen molar-refractivity contribution in [3.8, 4) is 5.75 Å². The number of hydrogen-bond acceptors (Lipinski definition) is 4. The fourth-order valence-electron chi connectivity index (χ4n) is 1.63. The lowest BCUT2D eigenvalue weighted by molar-refractivity contribution is -0.122. The van der Waals surface area contributed by atoms with E-state index in [1.807, 2.05) is 42.2 Å². The summed E-state index contributed by atoms with van der Waals surface area (Å²) >= 11 is 0. The van der Waals surface area contributed by atoms with Crippen LogP contribution in [0.3, 0.4) is 0 Å². The number of hydrogen-bond donors (Lipinski definition) is 2. The van der Waals surface area contributed by atoms with E-state index in [4.69, 9.17) is 9.84 Å². The second-order valence-corrected chi connectivity index (χ2v) is 4.10. The molecule has 0 fully saturated rings. The molecule has 0 aliphatic carbocycles. The third-order valence-electron chi connectivity index (χ3n) is 2.67. The number of carbonyl (C=O) groups excluding carboxylic acids is 1. The van der Waals surface area contributed by atoms with Gasteiger partial charge in [0.25, 0.3) is 0 Å². The third-order valence-corrected chi connectivity index (χ3v) is 2.67. The first kappa shape index (κ1) is 15.5. The number of benzene rings is 1. The molecular formula is C14H22N2O3. The van der Waals surface area contributed by atoms with Crippen molar-refractivity contribution in [3.63, 3.8) is 0 Å². The molecule has 0 unspecified atom stereocenters. The first-order valence-corrected chi connectivity index (χ1v) is 6.54. The molecule has 0 spiro atoms. The summed E-state index contributed by atoms with van der Waals surface area (Å²) in [6, 6.07) is 9.49. The van der Waals surface area contributed by atoms with Crippen molar-refractivity contribution in [1.29, 1.82) is 0 Å². The number of ether oxygens (including phenoxy) is 1. The summed E-state index contributed by atoms with van der Waals surface area (Å²) in [5, 5.41) is 11.6. The van der Waals surface area contributed by atoms with Crippen LogP contribution < -0.4 is 10.1 Å². The number of rotatable bonds is 9. The van der Waals surface area contributed by atoms with Crippen LogP contribution in [0.15, 0.2) is 30.3 Å². The zero-order valence-electron chi connectivity index (χ0n) is 11.3. The van der Waals surface area contributed by atoms with Gasteiger partial charge in [-0.05, 0) is 18.7 Å². The van der Waals surface area contributed by atoms with Gasteiger partial charge in [-0.2, -0.15) is 0 Å². The van der Waals surface area contributed by atoms with Crippen LogP contribution >= 0.6 is 0 Å². The van der Waals surface area contributed by atoms with Crippen LogP contribution in [0.2, 0.25) is 0 Å². The van der Waals surface area contributed by atoms with Gasteiger partial charge in [-0.1, -0.05) is 25.1 Å².